The molecule has 2 atom stereocenters. The van der Waals surface area contributed by atoms with Crippen molar-refractivity contribution < 1.29 is 5.11 Å². The molecule has 0 heterocycles. The molecular weight excluding hydrogens is 220 g/mol. The summed E-state index contributed by atoms with van der Waals surface area (Å²) in [6.07, 6.45) is 9.97. The quantitative estimate of drug-likeness (QED) is 0.750. The van der Waals surface area contributed by atoms with E-state index < -0.39 is 0 Å². The Kier molecular flexibility index (Phi) is 4.11. The van der Waals surface area contributed by atoms with Crippen LogP contribution in [0, 0.1) is 23.2 Å². The van der Waals surface area contributed by atoms with Crippen LogP contribution in [0.1, 0.15) is 79.1 Å². The minimum Gasteiger partial charge on any atom is -0.389 e. The Bertz CT molecular complexity index is 275. The summed E-state index contributed by atoms with van der Waals surface area (Å²) >= 11 is 0. The van der Waals surface area contributed by atoms with Gasteiger partial charge in [0.05, 0.1) is 5.60 Å². The van der Waals surface area contributed by atoms with E-state index in [-0.39, 0.29) is 5.60 Å². The lowest BCUT2D eigenvalue weighted by atomic mass is 9.58. The molecule has 0 aromatic heterocycles. The second-order valence-corrected chi connectivity index (χ2v) is 7.89. The molecule has 0 radical (unpaired) electrons. The maximum atomic E-state index is 11.2. The van der Waals surface area contributed by atoms with Crippen molar-refractivity contribution in [1.29, 1.82) is 0 Å². The average Bonchev–Trinajstić information content (AvgIpc) is 2.34. The van der Waals surface area contributed by atoms with Crippen LogP contribution in [0.25, 0.3) is 0 Å². The molecular formula is C17H32O. The fourth-order valence-electron chi connectivity index (χ4n) is 4.57. The van der Waals surface area contributed by atoms with Crippen molar-refractivity contribution in [2.24, 2.45) is 23.2 Å². The van der Waals surface area contributed by atoms with Crippen molar-refractivity contribution in [2.75, 3.05) is 0 Å². The van der Waals surface area contributed by atoms with Gasteiger partial charge in [0.1, 0.15) is 0 Å². The monoisotopic (exact) mass is 252 g/mol. The van der Waals surface area contributed by atoms with Gasteiger partial charge in [0.15, 0.2) is 0 Å². The molecule has 0 bridgehead atoms. The second-order valence-electron chi connectivity index (χ2n) is 7.89. The van der Waals surface area contributed by atoms with Crippen LogP contribution in [0.3, 0.4) is 0 Å². The van der Waals surface area contributed by atoms with Gasteiger partial charge in [0, 0.05) is 0 Å². The Hall–Kier alpha value is -0.0400. The largest absolute Gasteiger partial charge is 0.389 e. The van der Waals surface area contributed by atoms with Gasteiger partial charge >= 0.3 is 0 Å². The highest BCUT2D eigenvalue weighted by atomic mass is 16.3. The van der Waals surface area contributed by atoms with Gasteiger partial charge in [-0.1, -0.05) is 47.0 Å². The molecule has 1 nitrogen and oxygen atoms in total. The fourth-order valence-corrected chi connectivity index (χ4v) is 4.57. The Morgan fingerprint density at radius 2 is 1.67 bits per heavy atom. The van der Waals surface area contributed by atoms with Gasteiger partial charge in [0.25, 0.3) is 0 Å². The molecule has 0 aromatic rings. The Labute approximate surface area is 113 Å². The lowest BCUT2D eigenvalue weighted by molar-refractivity contribution is -0.123. The van der Waals surface area contributed by atoms with E-state index in [0.717, 1.165) is 12.3 Å². The van der Waals surface area contributed by atoms with E-state index in [1.54, 1.807) is 0 Å². The van der Waals surface area contributed by atoms with Crippen molar-refractivity contribution in [2.45, 2.75) is 84.7 Å². The van der Waals surface area contributed by atoms with Crippen molar-refractivity contribution in [3.63, 3.8) is 0 Å². The van der Waals surface area contributed by atoms with Gasteiger partial charge in [-0.3, -0.25) is 0 Å². The molecule has 2 saturated carbocycles. The van der Waals surface area contributed by atoms with Crippen LogP contribution in [0.4, 0.5) is 0 Å². The van der Waals surface area contributed by atoms with Crippen LogP contribution in [-0.4, -0.2) is 10.7 Å². The topological polar surface area (TPSA) is 20.2 Å². The van der Waals surface area contributed by atoms with Gasteiger partial charge in [-0.15, -0.1) is 0 Å². The van der Waals surface area contributed by atoms with Gasteiger partial charge in [0.2, 0.25) is 0 Å². The summed E-state index contributed by atoms with van der Waals surface area (Å²) in [4.78, 5) is 0. The van der Waals surface area contributed by atoms with E-state index in [4.69, 9.17) is 0 Å². The van der Waals surface area contributed by atoms with E-state index in [9.17, 15) is 5.11 Å². The van der Waals surface area contributed by atoms with Crippen LogP contribution in [0.2, 0.25) is 0 Å². The first-order valence-corrected chi connectivity index (χ1v) is 8.10. The Balaban J connectivity index is 1.99. The summed E-state index contributed by atoms with van der Waals surface area (Å²) in [5.41, 5.74) is 0.0838. The molecule has 2 aliphatic rings. The summed E-state index contributed by atoms with van der Waals surface area (Å²) in [7, 11) is 0. The third-order valence-corrected chi connectivity index (χ3v) is 6.05. The van der Waals surface area contributed by atoms with E-state index in [0.29, 0.717) is 17.3 Å². The smallest absolute Gasteiger partial charge is 0.0701 e. The number of hydrogen-bond acceptors (Lipinski definition) is 1. The molecule has 0 spiro atoms. The molecule has 18 heavy (non-hydrogen) atoms. The van der Waals surface area contributed by atoms with Crippen molar-refractivity contribution in [3.05, 3.63) is 0 Å². The van der Waals surface area contributed by atoms with Crippen LogP contribution < -0.4 is 0 Å². The normalized spacial score (nSPS) is 44.8. The zero-order valence-corrected chi connectivity index (χ0v) is 12.8. The minimum atomic E-state index is -0.353. The highest BCUT2D eigenvalue weighted by Crippen LogP contribution is 2.50. The number of rotatable bonds is 2. The molecule has 0 aliphatic heterocycles. The summed E-state index contributed by atoms with van der Waals surface area (Å²) in [5.74, 6) is 1.98. The van der Waals surface area contributed by atoms with Crippen LogP contribution in [0.15, 0.2) is 0 Å². The first kappa shape index (κ1) is 14.4. The summed E-state index contributed by atoms with van der Waals surface area (Å²) in [5, 5.41) is 11.2. The molecule has 2 unspecified atom stereocenters. The van der Waals surface area contributed by atoms with Crippen molar-refractivity contribution >= 4 is 0 Å². The van der Waals surface area contributed by atoms with Crippen LogP contribution >= 0.6 is 0 Å². The fraction of sp³-hybridized carbons (Fsp3) is 1.00. The van der Waals surface area contributed by atoms with E-state index in [1.165, 1.54) is 44.9 Å². The second kappa shape index (κ2) is 5.15. The molecule has 0 amide bonds. The Morgan fingerprint density at radius 1 is 1.06 bits per heavy atom. The van der Waals surface area contributed by atoms with E-state index >= 15 is 0 Å². The number of hydrogen-bond donors (Lipinski definition) is 1. The first-order chi connectivity index (χ1) is 8.37. The minimum absolute atomic E-state index is 0.353. The molecule has 106 valence electrons. The lowest BCUT2D eigenvalue weighted by Gasteiger charge is -2.50. The Morgan fingerprint density at radius 3 is 2.17 bits per heavy atom. The number of aliphatic hydroxyl groups is 1. The summed E-state index contributed by atoms with van der Waals surface area (Å²) in [6, 6.07) is 0. The lowest BCUT2D eigenvalue weighted by Crippen LogP contribution is -2.50. The van der Waals surface area contributed by atoms with Gasteiger partial charge in [-0.2, -0.15) is 0 Å². The maximum Gasteiger partial charge on any atom is 0.0701 e. The molecule has 0 aromatic carbocycles. The zero-order valence-electron chi connectivity index (χ0n) is 12.8. The predicted molar refractivity (Wildman–Crippen MR) is 77.5 cm³/mol. The van der Waals surface area contributed by atoms with Gasteiger partial charge in [-0.05, 0) is 55.3 Å². The maximum absolute atomic E-state index is 11.2. The highest BCUT2D eigenvalue weighted by Gasteiger charge is 2.47. The standard InChI is InChI=1S/C17H32O/c1-5-14-6-8-15(9-7-14)17(18)11-10-16(3,4)12-13(17)2/h13-15,18H,5-12H2,1-4H3. The van der Waals surface area contributed by atoms with Crippen molar-refractivity contribution in [1.82, 2.24) is 0 Å². The van der Waals surface area contributed by atoms with Crippen molar-refractivity contribution in [3.8, 4) is 0 Å². The molecule has 2 rings (SSSR count). The van der Waals surface area contributed by atoms with Crippen LogP contribution in [-0.2, 0) is 0 Å². The van der Waals surface area contributed by atoms with E-state index in [1.807, 2.05) is 0 Å². The average molecular weight is 252 g/mol. The zero-order chi connectivity index (χ0) is 13.4. The third-order valence-electron chi connectivity index (χ3n) is 6.05. The molecule has 1 N–H and O–H groups in total. The first-order valence-electron chi connectivity index (χ1n) is 8.10. The van der Waals surface area contributed by atoms with E-state index in [2.05, 4.69) is 27.7 Å². The van der Waals surface area contributed by atoms with Gasteiger partial charge < -0.3 is 5.11 Å². The predicted octanol–water partition coefficient (Wildman–Crippen LogP) is 4.78. The SMILES string of the molecule is CCC1CCC(C2(O)CCC(C)(C)CC2C)CC1. The highest BCUT2D eigenvalue weighted by molar-refractivity contribution is 4.99. The third kappa shape index (κ3) is 2.76. The summed E-state index contributed by atoms with van der Waals surface area (Å²) < 4.78 is 0. The van der Waals surface area contributed by atoms with Gasteiger partial charge in [-0.25, -0.2) is 0 Å². The molecule has 0 saturated heterocycles. The molecule has 2 aliphatic carbocycles. The molecule has 1 heteroatoms. The summed E-state index contributed by atoms with van der Waals surface area (Å²) in [6.45, 7) is 9.31. The van der Waals surface area contributed by atoms with Crippen LogP contribution in [0.5, 0.6) is 0 Å². The molecule has 2 fully saturated rings.